The number of carbonyl (C=O) groups is 2. The molecular formula is C12H18N4O2. The first-order valence-corrected chi connectivity index (χ1v) is 5.56. The molecule has 1 atom stereocenters. The summed E-state index contributed by atoms with van der Waals surface area (Å²) >= 11 is 0. The number of carbonyl (C=O) groups excluding carboxylic acids is 2. The molecule has 0 spiro atoms. The molecule has 0 aliphatic carbocycles. The zero-order valence-corrected chi connectivity index (χ0v) is 10.7. The van der Waals surface area contributed by atoms with E-state index in [0.29, 0.717) is 5.69 Å². The number of urea groups is 1. The summed E-state index contributed by atoms with van der Waals surface area (Å²) < 4.78 is 0. The number of nitrogens with zero attached hydrogens (tertiary/aromatic N) is 1. The van der Waals surface area contributed by atoms with E-state index >= 15 is 0 Å². The first kappa shape index (κ1) is 13.8. The number of nitrogens with one attached hydrogen (secondary N) is 2. The maximum absolute atomic E-state index is 11.8. The molecule has 1 aromatic carbocycles. The Labute approximate surface area is 106 Å². The fourth-order valence-corrected chi connectivity index (χ4v) is 1.39. The highest BCUT2D eigenvalue weighted by atomic mass is 16.2. The Bertz CT molecular complexity index is 430. The Morgan fingerprint density at radius 2 is 1.83 bits per heavy atom. The molecule has 0 aromatic heterocycles. The molecule has 0 aliphatic heterocycles. The fourth-order valence-electron chi connectivity index (χ4n) is 1.39. The third-order valence-corrected chi connectivity index (χ3v) is 2.72. The van der Waals surface area contributed by atoms with Gasteiger partial charge >= 0.3 is 6.03 Å². The van der Waals surface area contributed by atoms with Crippen molar-refractivity contribution in [2.45, 2.75) is 13.0 Å². The highest BCUT2D eigenvalue weighted by molar-refractivity contribution is 5.98. The van der Waals surface area contributed by atoms with Crippen molar-refractivity contribution in [2.24, 2.45) is 0 Å². The molecule has 98 valence electrons. The number of hydrogen-bond donors (Lipinski definition) is 3. The zero-order chi connectivity index (χ0) is 13.7. The van der Waals surface area contributed by atoms with Crippen LogP contribution in [0, 0.1) is 0 Å². The molecule has 3 amide bonds. The Hall–Kier alpha value is -2.24. The maximum atomic E-state index is 11.8. The molecule has 0 heterocycles. The van der Waals surface area contributed by atoms with Crippen LogP contribution in [0.3, 0.4) is 0 Å². The highest BCUT2D eigenvalue weighted by Crippen LogP contribution is 2.16. The first-order valence-electron chi connectivity index (χ1n) is 5.56. The molecule has 6 nitrogen and oxygen atoms in total. The number of nitrogen functional groups attached to an aromatic ring is 1. The molecule has 0 bridgehead atoms. The molecule has 18 heavy (non-hydrogen) atoms. The topological polar surface area (TPSA) is 87.5 Å². The van der Waals surface area contributed by atoms with Gasteiger partial charge in [0, 0.05) is 25.5 Å². The molecule has 0 saturated carbocycles. The van der Waals surface area contributed by atoms with Gasteiger partial charge in [0.05, 0.1) is 0 Å². The number of hydrogen-bond acceptors (Lipinski definition) is 4. The van der Waals surface area contributed by atoms with Gasteiger partial charge in [0.1, 0.15) is 6.04 Å². The van der Waals surface area contributed by atoms with Gasteiger partial charge in [0.25, 0.3) is 0 Å². The van der Waals surface area contributed by atoms with Crippen LogP contribution in [0.5, 0.6) is 0 Å². The van der Waals surface area contributed by atoms with Crippen LogP contribution in [0.15, 0.2) is 24.3 Å². The predicted molar refractivity (Wildman–Crippen MR) is 71.3 cm³/mol. The lowest BCUT2D eigenvalue weighted by atomic mass is 10.2. The molecular weight excluding hydrogens is 232 g/mol. The van der Waals surface area contributed by atoms with Crippen molar-refractivity contribution in [3.63, 3.8) is 0 Å². The number of likely N-dealkylation sites (N-methyl/N-ethyl adjacent to an activating group) is 1. The van der Waals surface area contributed by atoms with E-state index in [1.54, 1.807) is 31.0 Å². The molecule has 1 aromatic rings. The summed E-state index contributed by atoms with van der Waals surface area (Å²) in [6.45, 7) is 1.72. The summed E-state index contributed by atoms with van der Waals surface area (Å²) in [5.74, 6) is -0.367. The standard InChI is InChI=1S/C12H18N4O2/c1-8(11(17)15-12(18)14-2)16(3)10-6-4-9(13)5-7-10/h4-8H,13H2,1-3H3,(H2,14,15,17,18). The normalized spacial score (nSPS) is 11.5. The van der Waals surface area contributed by atoms with Crippen LogP contribution in [0.1, 0.15) is 6.92 Å². The SMILES string of the molecule is CNC(=O)NC(=O)C(C)N(C)c1ccc(N)cc1. The molecule has 0 fully saturated rings. The van der Waals surface area contributed by atoms with Crippen molar-refractivity contribution in [2.75, 3.05) is 24.7 Å². The maximum Gasteiger partial charge on any atom is 0.321 e. The fraction of sp³-hybridized carbons (Fsp3) is 0.333. The summed E-state index contributed by atoms with van der Waals surface area (Å²) in [5, 5.41) is 4.57. The lowest BCUT2D eigenvalue weighted by Gasteiger charge is -2.25. The van der Waals surface area contributed by atoms with E-state index in [0.717, 1.165) is 5.69 Å². The van der Waals surface area contributed by atoms with Gasteiger partial charge in [-0.3, -0.25) is 10.1 Å². The molecule has 0 saturated heterocycles. The predicted octanol–water partition coefficient (Wildman–Crippen LogP) is 0.549. The van der Waals surface area contributed by atoms with Crippen LogP contribution in [0.2, 0.25) is 0 Å². The van der Waals surface area contributed by atoms with Gasteiger partial charge < -0.3 is 16.0 Å². The van der Waals surface area contributed by atoms with Gasteiger partial charge in [-0.05, 0) is 31.2 Å². The molecule has 4 N–H and O–H groups in total. The second kappa shape index (κ2) is 5.90. The van der Waals surface area contributed by atoms with E-state index in [4.69, 9.17) is 5.73 Å². The van der Waals surface area contributed by atoms with Crippen molar-refractivity contribution in [1.29, 1.82) is 0 Å². The molecule has 0 radical (unpaired) electrons. The molecule has 0 aliphatic rings. The van der Waals surface area contributed by atoms with Gasteiger partial charge in [0.15, 0.2) is 0 Å². The lowest BCUT2D eigenvalue weighted by Crippen LogP contribution is -2.48. The number of nitrogens with two attached hydrogens (primary N) is 1. The highest BCUT2D eigenvalue weighted by Gasteiger charge is 2.19. The van der Waals surface area contributed by atoms with Crippen molar-refractivity contribution in [1.82, 2.24) is 10.6 Å². The first-order chi connectivity index (χ1) is 8.45. The Morgan fingerprint density at radius 1 is 1.28 bits per heavy atom. The van der Waals surface area contributed by atoms with Gasteiger partial charge in [-0.1, -0.05) is 0 Å². The lowest BCUT2D eigenvalue weighted by molar-refractivity contribution is -0.120. The minimum absolute atomic E-state index is 0.367. The third kappa shape index (κ3) is 3.38. The quantitative estimate of drug-likeness (QED) is 0.684. The van der Waals surface area contributed by atoms with E-state index in [9.17, 15) is 9.59 Å². The second-order valence-electron chi connectivity index (χ2n) is 3.95. The minimum Gasteiger partial charge on any atom is -0.399 e. The summed E-state index contributed by atoms with van der Waals surface area (Å²) in [6, 6.07) is 6.17. The van der Waals surface area contributed by atoms with E-state index < -0.39 is 12.1 Å². The van der Waals surface area contributed by atoms with Gasteiger partial charge in [-0.25, -0.2) is 4.79 Å². The van der Waals surface area contributed by atoms with Crippen LogP contribution in [0.25, 0.3) is 0 Å². The minimum atomic E-state index is -0.516. The van der Waals surface area contributed by atoms with E-state index in [2.05, 4.69) is 10.6 Å². The van der Waals surface area contributed by atoms with Crippen LogP contribution in [-0.4, -0.2) is 32.1 Å². The molecule has 1 rings (SSSR count). The van der Waals surface area contributed by atoms with Crippen molar-refractivity contribution >= 4 is 23.3 Å². The van der Waals surface area contributed by atoms with Crippen LogP contribution >= 0.6 is 0 Å². The van der Waals surface area contributed by atoms with Gasteiger partial charge in [-0.15, -0.1) is 0 Å². The van der Waals surface area contributed by atoms with Crippen LogP contribution in [0.4, 0.5) is 16.2 Å². The zero-order valence-electron chi connectivity index (χ0n) is 10.7. The number of anilines is 2. The van der Waals surface area contributed by atoms with E-state index in [1.807, 2.05) is 12.1 Å². The largest absolute Gasteiger partial charge is 0.399 e. The number of benzene rings is 1. The van der Waals surface area contributed by atoms with Gasteiger partial charge in [0.2, 0.25) is 5.91 Å². The number of amides is 3. The van der Waals surface area contributed by atoms with Crippen LogP contribution in [-0.2, 0) is 4.79 Å². The van der Waals surface area contributed by atoms with Crippen molar-refractivity contribution in [3.8, 4) is 0 Å². The summed E-state index contributed by atoms with van der Waals surface area (Å²) in [7, 11) is 3.23. The Balaban J connectivity index is 2.71. The molecule has 1 unspecified atom stereocenters. The summed E-state index contributed by atoms with van der Waals surface area (Å²) in [6.07, 6.45) is 0. The van der Waals surface area contributed by atoms with Crippen molar-refractivity contribution < 1.29 is 9.59 Å². The van der Waals surface area contributed by atoms with E-state index in [-0.39, 0.29) is 5.91 Å². The molecule has 6 heteroatoms. The van der Waals surface area contributed by atoms with E-state index in [1.165, 1.54) is 7.05 Å². The van der Waals surface area contributed by atoms with Gasteiger partial charge in [-0.2, -0.15) is 0 Å². The number of imide groups is 1. The average molecular weight is 250 g/mol. The van der Waals surface area contributed by atoms with Crippen LogP contribution < -0.4 is 21.3 Å². The average Bonchev–Trinajstić information content (AvgIpc) is 2.37. The second-order valence-corrected chi connectivity index (χ2v) is 3.95. The Kier molecular flexibility index (Phi) is 4.53. The number of rotatable bonds is 3. The Morgan fingerprint density at radius 3 is 2.33 bits per heavy atom. The van der Waals surface area contributed by atoms with Crippen molar-refractivity contribution in [3.05, 3.63) is 24.3 Å². The summed E-state index contributed by atoms with van der Waals surface area (Å²) in [5.41, 5.74) is 7.11. The smallest absolute Gasteiger partial charge is 0.321 e. The third-order valence-electron chi connectivity index (χ3n) is 2.72. The summed E-state index contributed by atoms with van der Waals surface area (Å²) in [4.78, 5) is 24.6. The monoisotopic (exact) mass is 250 g/mol.